The molecule has 20 heavy (non-hydrogen) atoms. The van der Waals surface area contributed by atoms with Crippen molar-refractivity contribution in [3.8, 4) is 5.75 Å². The van der Waals surface area contributed by atoms with Gasteiger partial charge in [-0.05, 0) is 72.6 Å². The van der Waals surface area contributed by atoms with Crippen LogP contribution in [0.25, 0.3) is 0 Å². The maximum absolute atomic E-state index is 10.8. The third-order valence-corrected chi connectivity index (χ3v) is 6.46. The highest BCUT2D eigenvalue weighted by Crippen LogP contribution is 2.60. The SMILES string of the molecule is C[C@@]12CCC[C@H]1[C@@H]1CCc3cc(O)ccc3[C@H]1[C@H](O)C2. The first-order valence-electron chi connectivity index (χ1n) is 8.08. The van der Waals surface area contributed by atoms with Gasteiger partial charge < -0.3 is 10.2 Å². The largest absolute Gasteiger partial charge is 0.508 e. The first-order chi connectivity index (χ1) is 9.58. The predicted octanol–water partition coefficient (Wildman–Crippen LogP) is 3.61. The minimum Gasteiger partial charge on any atom is -0.508 e. The smallest absolute Gasteiger partial charge is 0.115 e. The monoisotopic (exact) mass is 272 g/mol. The van der Waals surface area contributed by atoms with Gasteiger partial charge in [0.15, 0.2) is 0 Å². The Kier molecular flexibility index (Phi) is 2.69. The molecule has 0 amide bonds. The molecule has 2 N–H and O–H groups in total. The number of benzene rings is 1. The Morgan fingerprint density at radius 2 is 2.10 bits per heavy atom. The maximum atomic E-state index is 10.8. The molecule has 0 aliphatic heterocycles. The molecule has 4 rings (SSSR count). The van der Waals surface area contributed by atoms with Crippen LogP contribution >= 0.6 is 0 Å². The number of phenols is 1. The van der Waals surface area contributed by atoms with Crippen molar-refractivity contribution >= 4 is 0 Å². The van der Waals surface area contributed by atoms with E-state index in [-0.39, 0.29) is 6.10 Å². The maximum Gasteiger partial charge on any atom is 0.115 e. The minimum absolute atomic E-state index is 0.206. The summed E-state index contributed by atoms with van der Waals surface area (Å²) in [5, 5.41) is 20.4. The molecular formula is C18H24O2. The molecule has 0 bridgehead atoms. The Labute approximate surface area is 120 Å². The van der Waals surface area contributed by atoms with Crippen LogP contribution in [0, 0.1) is 17.3 Å². The number of phenolic OH excluding ortho intramolecular Hbond substituents is 1. The summed E-state index contributed by atoms with van der Waals surface area (Å²) >= 11 is 0. The van der Waals surface area contributed by atoms with Gasteiger partial charge in [0.1, 0.15) is 5.75 Å². The third-order valence-electron chi connectivity index (χ3n) is 6.46. The number of aliphatic hydroxyl groups is 1. The number of aryl methyl sites for hydroxylation is 1. The highest BCUT2D eigenvalue weighted by molar-refractivity contribution is 5.40. The Hall–Kier alpha value is -1.02. The molecule has 0 heterocycles. The molecule has 0 radical (unpaired) electrons. The first kappa shape index (κ1) is 12.7. The summed E-state index contributed by atoms with van der Waals surface area (Å²) in [7, 11) is 0. The summed E-state index contributed by atoms with van der Waals surface area (Å²) in [6.45, 7) is 2.40. The quantitative estimate of drug-likeness (QED) is 0.757. The van der Waals surface area contributed by atoms with E-state index in [1.165, 1.54) is 36.8 Å². The zero-order valence-corrected chi connectivity index (χ0v) is 12.2. The number of hydrogen-bond donors (Lipinski definition) is 2. The lowest BCUT2D eigenvalue weighted by Gasteiger charge is -2.51. The average Bonchev–Trinajstić information content (AvgIpc) is 2.79. The van der Waals surface area contributed by atoms with Crippen LogP contribution in [0.15, 0.2) is 18.2 Å². The van der Waals surface area contributed by atoms with Crippen molar-refractivity contribution in [1.29, 1.82) is 0 Å². The van der Waals surface area contributed by atoms with Crippen molar-refractivity contribution in [1.82, 2.24) is 0 Å². The minimum atomic E-state index is -0.206. The van der Waals surface area contributed by atoms with Crippen LogP contribution in [-0.4, -0.2) is 16.3 Å². The fourth-order valence-corrected chi connectivity index (χ4v) is 5.66. The Balaban J connectivity index is 1.77. The van der Waals surface area contributed by atoms with Crippen molar-refractivity contribution in [2.45, 2.75) is 57.5 Å². The molecule has 0 unspecified atom stereocenters. The van der Waals surface area contributed by atoms with Crippen LogP contribution in [0.2, 0.25) is 0 Å². The third kappa shape index (κ3) is 1.67. The lowest BCUT2D eigenvalue weighted by Crippen LogP contribution is -2.46. The van der Waals surface area contributed by atoms with Gasteiger partial charge in [0.05, 0.1) is 6.10 Å². The number of fused-ring (bicyclic) bond motifs is 5. The van der Waals surface area contributed by atoms with Gasteiger partial charge >= 0.3 is 0 Å². The van der Waals surface area contributed by atoms with Crippen LogP contribution in [-0.2, 0) is 6.42 Å². The van der Waals surface area contributed by atoms with E-state index < -0.39 is 0 Å². The number of aliphatic hydroxyl groups excluding tert-OH is 1. The molecular weight excluding hydrogens is 248 g/mol. The van der Waals surface area contributed by atoms with Gasteiger partial charge in [-0.2, -0.15) is 0 Å². The molecule has 0 spiro atoms. The van der Waals surface area contributed by atoms with E-state index in [1.807, 2.05) is 6.07 Å². The van der Waals surface area contributed by atoms with Crippen molar-refractivity contribution in [2.24, 2.45) is 17.3 Å². The number of hydrogen-bond acceptors (Lipinski definition) is 2. The van der Waals surface area contributed by atoms with Gasteiger partial charge in [0.2, 0.25) is 0 Å². The zero-order valence-electron chi connectivity index (χ0n) is 12.2. The molecule has 0 aromatic heterocycles. The summed E-state index contributed by atoms with van der Waals surface area (Å²) in [6, 6.07) is 5.75. The van der Waals surface area contributed by atoms with Gasteiger partial charge in [-0.3, -0.25) is 0 Å². The average molecular weight is 272 g/mol. The normalized spacial score (nSPS) is 42.7. The van der Waals surface area contributed by atoms with Crippen LogP contribution in [0.5, 0.6) is 5.75 Å². The lowest BCUT2D eigenvalue weighted by molar-refractivity contribution is -0.0371. The zero-order chi connectivity index (χ0) is 13.9. The summed E-state index contributed by atoms with van der Waals surface area (Å²) < 4.78 is 0. The predicted molar refractivity (Wildman–Crippen MR) is 78.7 cm³/mol. The van der Waals surface area contributed by atoms with Crippen molar-refractivity contribution < 1.29 is 10.2 Å². The van der Waals surface area contributed by atoms with E-state index >= 15 is 0 Å². The Bertz CT molecular complexity index is 538. The molecule has 5 atom stereocenters. The second-order valence-electron chi connectivity index (χ2n) is 7.54. The summed E-state index contributed by atoms with van der Waals surface area (Å²) in [4.78, 5) is 0. The van der Waals surface area contributed by atoms with Crippen LogP contribution in [0.3, 0.4) is 0 Å². The molecule has 3 aliphatic carbocycles. The van der Waals surface area contributed by atoms with E-state index in [9.17, 15) is 10.2 Å². The van der Waals surface area contributed by atoms with Crippen molar-refractivity contribution in [2.75, 3.05) is 0 Å². The van der Waals surface area contributed by atoms with Crippen molar-refractivity contribution in [3.05, 3.63) is 29.3 Å². The van der Waals surface area contributed by atoms with Crippen molar-refractivity contribution in [3.63, 3.8) is 0 Å². The fraction of sp³-hybridized carbons (Fsp3) is 0.667. The fourth-order valence-electron chi connectivity index (χ4n) is 5.66. The summed E-state index contributed by atoms with van der Waals surface area (Å²) in [6.07, 6.45) is 6.96. The summed E-state index contributed by atoms with van der Waals surface area (Å²) in [5.74, 6) is 2.09. The molecule has 2 saturated carbocycles. The van der Waals surface area contributed by atoms with Gasteiger partial charge in [-0.25, -0.2) is 0 Å². The van der Waals surface area contributed by atoms with E-state index in [1.54, 1.807) is 6.07 Å². The second-order valence-corrected chi connectivity index (χ2v) is 7.54. The second kappa shape index (κ2) is 4.24. The first-order valence-corrected chi connectivity index (χ1v) is 8.08. The van der Waals surface area contributed by atoms with Crippen LogP contribution in [0.4, 0.5) is 0 Å². The molecule has 2 nitrogen and oxygen atoms in total. The number of rotatable bonds is 0. The van der Waals surface area contributed by atoms with Gasteiger partial charge in [0, 0.05) is 5.92 Å². The standard InChI is InChI=1S/C18H24O2/c1-18-8-2-3-15(18)14-6-4-11-9-12(19)5-7-13(11)17(14)16(20)10-18/h5,7,9,14-17,19-20H,2-4,6,8,10H2,1H3/t14-,15-,16+,17+,18-/m0/s1. The highest BCUT2D eigenvalue weighted by atomic mass is 16.3. The number of aromatic hydroxyl groups is 1. The molecule has 1 aromatic carbocycles. The molecule has 3 aliphatic rings. The molecule has 2 fully saturated rings. The van der Waals surface area contributed by atoms with Gasteiger partial charge in [0.25, 0.3) is 0 Å². The molecule has 1 aromatic rings. The van der Waals surface area contributed by atoms with E-state index in [4.69, 9.17) is 0 Å². The summed E-state index contributed by atoms with van der Waals surface area (Å²) in [5.41, 5.74) is 2.93. The van der Waals surface area contributed by atoms with Gasteiger partial charge in [-0.15, -0.1) is 0 Å². The van der Waals surface area contributed by atoms with E-state index in [0.29, 0.717) is 23.0 Å². The highest BCUT2D eigenvalue weighted by Gasteiger charge is 2.53. The van der Waals surface area contributed by atoms with E-state index in [2.05, 4.69) is 13.0 Å². The Morgan fingerprint density at radius 1 is 1.25 bits per heavy atom. The lowest BCUT2D eigenvalue weighted by atomic mass is 9.55. The van der Waals surface area contributed by atoms with Crippen LogP contribution in [0.1, 0.15) is 56.1 Å². The van der Waals surface area contributed by atoms with Gasteiger partial charge in [-0.1, -0.05) is 19.4 Å². The molecule has 0 saturated heterocycles. The topological polar surface area (TPSA) is 40.5 Å². The molecule has 108 valence electrons. The van der Waals surface area contributed by atoms with E-state index in [0.717, 1.165) is 18.8 Å². The molecule has 2 heteroatoms. The van der Waals surface area contributed by atoms with Crippen LogP contribution < -0.4 is 0 Å². The Morgan fingerprint density at radius 3 is 2.95 bits per heavy atom.